The fourth-order valence-corrected chi connectivity index (χ4v) is 2.92. The zero-order valence-electron chi connectivity index (χ0n) is 14.4. The monoisotopic (exact) mass is 361 g/mol. The third-order valence-corrected chi connectivity index (χ3v) is 4.21. The molecule has 1 fully saturated rings. The van der Waals surface area contributed by atoms with Crippen molar-refractivity contribution in [3.8, 4) is 5.75 Å². The number of piperazine rings is 1. The highest BCUT2D eigenvalue weighted by atomic mass is 35.5. The highest BCUT2D eigenvalue weighted by Crippen LogP contribution is 2.16. The number of aromatic nitrogens is 1. The van der Waals surface area contributed by atoms with Crippen LogP contribution in [0.1, 0.15) is 22.8 Å². The molecular weight excluding hydrogens is 338 g/mol. The molecule has 3 rings (SSSR count). The summed E-state index contributed by atoms with van der Waals surface area (Å²) in [4.78, 5) is 21.0. The second-order valence-corrected chi connectivity index (χ2v) is 5.88. The Balaban J connectivity index is 0.00000225. The van der Waals surface area contributed by atoms with Gasteiger partial charge in [0, 0.05) is 50.7 Å². The first-order chi connectivity index (χ1) is 11.8. The maximum absolute atomic E-state index is 12.7. The van der Waals surface area contributed by atoms with E-state index in [0.29, 0.717) is 12.2 Å². The van der Waals surface area contributed by atoms with Gasteiger partial charge in [-0.1, -0.05) is 6.07 Å². The Kier molecular flexibility index (Phi) is 7.22. The summed E-state index contributed by atoms with van der Waals surface area (Å²) >= 11 is 0. The predicted octanol–water partition coefficient (Wildman–Crippen LogP) is 2.86. The Morgan fingerprint density at radius 1 is 1.12 bits per heavy atom. The average molecular weight is 362 g/mol. The normalized spacial score (nSPS) is 14.7. The zero-order valence-corrected chi connectivity index (χ0v) is 15.2. The second kappa shape index (κ2) is 9.39. The van der Waals surface area contributed by atoms with Crippen molar-refractivity contribution in [2.45, 2.75) is 13.5 Å². The Bertz CT molecular complexity index is 673. The van der Waals surface area contributed by atoms with Crippen molar-refractivity contribution in [2.24, 2.45) is 0 Å². The van der Waals surface area contributed by atoms with Gasteiger partial charge in [-0.25, -0.2) is 0 Å². The van der Waals surface area contributed by atoms with Gasteiger partial charge >= 0.3 is 0 Å². The standard InChI is InChI=1S/C19H23N3O2.ClH/c1-2-24-18-5-3-4-17(14-18)19(23)22-12-10-21(11-13-22)15-16-6-8-20-9-7-16;/h3-9,14H,2,10-13,15H2,1H3;1H. The smallest absolute Gasteiger partial charge is 0.254 e. The van der Waals surface area contributed by atoms with Gasteiger partial charge in [0.05, 0.1) is 6.61 Å². The van der Waals surface area contributed by atoms with E-state index < -0.39 is 0 Å². The van der Waals surface area contributed by atoms with Crippen molar-refractivity contribution in [1.82, 2.24) is 14.8 Å². The summed E-state index contributed by atoms with van der Waals surface area (Å²) in [6.07, 6.45) is 3.64. The second-order valence-electron chi connectivity index (χ2n) is 5.88. The predicted molar refractivity (Wildman–Crippen MR) is 100 cm³/mol. The molecule has 1 aromatic heterocycles. The van der Waals surface area contributed by atoms with Gasteiger partial charge in [0.15, 0.2) is 0 Å². The number of carbonyl (C=O) groups excluding carboxylic acids is 1. The van der Waals surface area contributed by atoms with Crippen LogP contribution >= 0.6 is 12.4 Å². The SMILES string of the molecule is CCOc1cccc(C(=O)N2CCN(Cc3ccncc3)CC2)c1.Cl. The quantitative estimate of drug-likeness (QED) is 0.821. The number of ether oxygens (including phenoxy) is 1. The molecule has 0 aliphatic carbocycles. The minimum absolute atomic E-state index is 0. The molecule has 2 heterocycles. The average Bonchev–Trinajstić information content (AvgIpc) is 2.63. The summed E-state index contributed by atoms with van der Waals surface area (Å²) in [6.45, 7) is 6.73. The van der Waals surface area contributed by atoms with Gasteiger partial charge in [-0.15, -0.1) is 12.4 Å². The molecule has 2 aromatic rings. The maximum atomic E-state index is 12.7. The number of nitrogens with zero attached hydrogens (tertiary/aromatic N) is 3. The minimum Gasteiger partial charge on any atom is -0.494 e. The van der Waals surface area contributed by atoms with Crippen molar-refractivity contribution in [3.63, 3.8) is 0 Å². The summed E-state index contributed by atoms with van der Waals surface area (Å²) in [6, 6.07) is 11.5. The summed E-state index contributed by atoms with van der Waals surface area (Å²) < 4.78 is 5.48. The molecule has 134 valence electrons. The van der Waals surface area contributed by atoms with E-state index in [1.807, 2.05) is 60.6 Å². The van der Waals surface area contributed by atoms with Crippen LogP contribution in [0.2, 0.25) is 0 Å². The number of carbonyl (C=O) groups is 1. The fourth-order valence-electron chi connectivity index (χ4n) is 2.92. The van der Waals surface area contributed by atoms with Crippen LogP contribution in [0.3, 0.4) is 0 Å². The van der Waals surface area contributed by atoms with Crippen LogP contribution in [0.15, 0.2) is 48.8 Å². The molecule has 0 radical (unpaired) electrons. The van der Waals surface area contributed by atoms with Crippen LogP contribution in [0.5, 0.6) is 5.75 Å². The number of pyridine rings is 1. The van der Waals surface area contributed by atoms with Crippen LogP contribution in [0.25, 0.3) is 0 Å². The Morgan fingerprint density at radius 3 is 2.52 bits per heavy atom. The van der Waals surface area contributed by atoms with E-state index in [0.717, 1.165) is 38.5 Å². The molecule has 0 bridgehead atoms. The van der Waals surface area contributed by atoms with Crippen molar-refractivity contribution in [2.75, 3.05) is 32.8 Å². The largest absolute Gasteiger partial charge is 0.494 e. The van der Waals surface area contributed by atoms with Gasteiger partial charge in [0.2, 0.25) is 0 Å². The van der Waals surface area contributed by atoms with E-state index >= 15 is 0 Å². The number of rotatable bonds is 5. The lowest BCUT2D eigenvalue weighted by molar-refractivity contribution is 0.0628. The van der Waals surface area contributed by atoms with E-state index in [1.165, 1.54) is 5.56 Å². The van der Waals surface area contributed by atoms with Gasteiger partial charge in [-0.2, -0.15) is 0 Å². The molecule has 1 saturated heterocycles. The first kappa shape index (κ1) is 19.2. The number of benzene rings is 1. The summed E-state index contributed by atoms with van der Waals surface area (Å²) in [7, 11) is 0. The Morgan fingerprint density at radius 2 is 1.84 bits per heavy atom. The van der Waals surface area contributed by atoms with Crippen LogP contribution < -0.4 is 4.74 Å². The highest BCUT2D eigenvalue weighted by molar-refractivity contribution is 5.94. The molecule has 0 atom stereocenters. The molecule has 0 saturated carbocycles. The summed E-state index contributed by atoms with van der Waals surface area (Å²) in [5, 5.41) is 0. The minimum atomic E-state index is 0. The van der Waals surface area contributed by atoms with E-state index in [9.17, 15) is 4.79 Å². The maximum Gasteiger partial charge on any atom is 0.254 e. The van der Waals surface area contributed by atoms with Gasteiger partial charge in [0.25, 0.3) is 5.91 Å². The van der Waals surface area contributed by atoms with Gasteiger partial charge in [0.1, 0.15) is 5.75 Å². The summed E-state index contributed by atoms with van der Waals surface area (Å²) in [5.41, 5.74) is 1.96. The van der Waals surface area contributed by atoms with E-state index in [1.54, 1.807) is 0 Å². The van der Waals surface area contributed by atoms with Crippen molar-refractivity contribution in [1.29, 1.82) is 0 Å². The van der Waals surface area contributed by atoms with E-state index in [4.69, 9.17) is 4.74 Å². The van der Waals surface area contributed by atoms with Crippen molar-refractivity contribution < 1.29 is 9.53 Å². The number of amides is 1. The third kappa shape index (κ3) is 5.18. The van der Waals surface area contributed by atoms with Crippen molar-refractivity contribution in [3.05, 3.63) is 59.9 Å². The van der Waals surface area contributed by atoms with Crippen LogP contribution in [-0.2, 0) is 6.54 Å². The summed E-state index contributed by atoms with van der Waals surface area (Å²) in [5.74, 6) is 0.833. The van der Waals surface area contributed by atoms with Crippen molar-refractivity contribution >= 4 is 18.3 Å². The number of hydrogen-bond donors (Lipinski definition) is 0. The first-order valence-corrected chi connectivity index (χ1v) is 8.39. The van der Waals surface area contributed by atoms with Crippen LogP contribution in [0, 0.1) is 0 Å². The number of hydrogen-bond acceptors (Lipinski definition) is 4. The van der Waals surface area contributed by atoms with E-state index in [-0.39, 0.29) is 18.3 Å². The van der Waals surface area contributed by atoms with E-state index in [2.05, 4.69) is 9.88 Å². The molecule has 5 nitrogen and oxygen atoms in total. The lowest BCUT2D eigenvalue weighted by atomic mass is 10.1. The lowest BCUT2D eigenvalue weighted by Gasteiger charge is -2.34. The molecular formula is C19H24ClN3O2. The molecule has 1 amide bonds. The van der Waals surface area contributed by atoms with Gasteiger partial charge < -0.3 is 9.64 Å². The lowest BCUT2D eigenvalue weighted by Crippen LogP contribution is -2.48. The molecule has 25 heavy (non-hydrogen) atoms. The van der Waals surface area contributed by atoms with Crippen LogP contribution in [-0.4, -0.2) is 53.5 Å². The molecule has 1 aliphatic rings. The fraction of sp³-hybridized carbons (Fsp3) is 0.368. The molecule has 6 heteroatoms. The molecule has 0 N–H and O–H groups in total. The highest BCUT2D eigenvalue weighted by Gasteiger charge is 2.22. The van der Waals surface area contributed by atoms with Gasteiger partial charge in [-0.3, -0.25) is 14.7 Å². The Labute approximate surface area is 155 Å². The molecule has 0 unspecified atom stereocenters. The zero-order chi connectivity index (χ0) is 16.8. The molecule has 1 aliphatic heterocycles. The molecule has 0 spiro atoms. The number of halogens is 1. The van der Waals surface area contributed by atoms with Crippen LogP contribution in [0.4, 0.5) is 0 Å². The van der Waals surface area contributed by atoms with Gasteiger partial charge in [-0.05, 0) is 42.8 Å². The molecule has 1 aromatic carbocycles. The first-order valence-electron chi connectivity index (χ1n) is 8.39. The Hall–Kier alpha value is -2.11. The third-order valence-electron chi connectivity index (χ3n) is 4.21. The topological polar surface area (TPSA) is 45.7 Å².